The van der Waals surface area contributed by atoms with Gasteiger partial charge < -0.3 is 4.90 Å². The van der Waals surface area contributed by atoms with E-state index in [9.17, 15) is 22.4 Å². The highest BCUT2D eigenvalue weighted by Crippen LogP contribution is 2.38. The van der Waals surface area contributed by atoms with Gasteiger partial charge in [-0.25, -0.2) is 9.37 Å². The van der Waals surface area contributed by atoms with Crippen molar-refractivity contribution < 1.29 is 22.4 Å². The number of hydrogen-bond acceptors (Lipinski definition) is 3. The SMILES string of the molecule is O=C(c1ccccc1)N(Cc1ccc(Cl)cc1)c1ccc(-c2cncc(F)c2)nc1C(F)(F)F. The molecule has 0 radical (unpaired) electrons. The van der Waals surface area contributed by atoms with Crippen LogP contribution in [-0.2, 0) is 12.7 Å². The zero-order valence-electron chi connectivity index (χ0n) is 17.4. The number of rotatable bonds is 5. The van der Waals surface area contributed by atoms with Crippen LogP contribution in [0, 0.1) is 5.82 Å². The Morgan fingerprint density at radius 3 is 2.29 bits per heavy atom. The van der Waals surface area contributed by atoms with Crippen LogP contribution in [0.3, 0.4) is 0 Å². The Kier molecular flexibility index (Phi) is 6.61. The van der Waals surface area contributed by atoms with Crippen molar-refractivity contribution in [1.29, 1.82) is 0 Å². The number of hydrogen-bond donors (Lipinski definition) is 0. The first kappa shape index (κ1) is 23.4. The van der Waals surface area contributed by atoms with E-state index < -0.39 is 29.3 Å². The van der Waals surface area contributed by atoms with Gasteiger partial charge >= 0.3 is 6.18 Å². The molecule has 34 heavy (non-hydrogen) atoms. The average molecular weight is 486 g/mol. The second kappa shape index (κ2) is 9.61. The highest BCUT2D eigenvalue weighted by Gasteiger charge is 2.38. The lowest BCUT2D eigenvalue weighted by atomic mass is 10.1. The monoisotopic (exact) mass is 485 g/mol. The number of carbonyl (C=O) groups excluding carboxylic acids is 1. The summed E-state index contributed by atoms with van der Waals surface area (Å²) in [5, 5.41) is 0.454. The van der Waals surface area contributed by atoms with Crippen LogP contribution >= 0.6 is 11.6 Å². The van der Waals surface area contributed by atoms with Crippen molar-refractivity contribution in [3.63, 3.8) is 0 Å². The van der Waals surface area contributed by atoms with Gasteiger partial charge in [-0.3, -0.25) is 9.78 Å². The number of halogens is 5. The molecule has 4 rings (SSSR count). The van der Waals surface area contributed by atoms with E-state index in [4.69, 9.17) is 11.6 Å². The van der Waals surface area contributed by atoms with E-state index in [1.807, 2.05) is 0 Å². The second-order valence-electron chi connectivity index (χ2n) is 7.34. The van der Waals surface area contributed by atoms with Crippen LogP contribution in [0.15, 0.2) is 85.2 Å². The third-order valence-electron chi connectivity index (χ3n) is 4.95. The van der Waals surface area contributed by atoms with E-state index in [1.54, 1.807) is 42.5 Å². The topological polar surface area (TPSA) is 46.1 Å². The van der Waals surface area contributed by atoms with Gasteiger partial charge in [-0.2, -0.15) is 13.2 Å². The first-order valence-corrected chi connectivity index (χ1v) is 10.4. The molecule has 2 heterocycles. The molecule has 2 aromatic heterocycles. The van der Waals surface area contributed by atoms with Gasteiger partial charge in [0.2, 0.25) is 0 Å². The maximum atomic E-state index is 14.1. The fraction of sp³-hybridized carbons (Fsp3) is 0.0800. The molecule has 172 valence electrons. The van der Waals surface area contributed by atoms with Crippen LogP contribution in [0.5, 0.6) is 0 Å². The van der Waals surface area contributed by atoms with Crippen molar-refractivity contribution in [2.24, 2.45) is 0 Å². The first-order chi connectivity index (χ1) is 16.2. The Morgan fingerprint density at radius 1 is 0.941 bits per heavy atom. The molecule has 0 aliphatic heterocycles. The maximum Gasteiger partial charge on any atom is 0.435 e. The molecule has 0 N–H and O–H groups in total. The standard InChI is InChI=1S/C25H16ClF4N3O/c26-19-8-6-16(7-9-19)15-33(24(34)17-4-2-1-3-5-17)22-11-10-21(32-23(22)25(28,29)30)18-12-20(27)14-31-13-18/h1-14H,15H2. The van der Waals surface area contributed by atoms with Crippen molar-refractivity contribution in [3.8, 4) is 11.3 Å². The predicted molar refractivity (Wildman–Crippen MR) is 121 cm³/mol. The molecule has 1 amide bonds. The molecule has 0 spiro atoms. The van der Waals surface area contributed by atoms with Gasteiger partial charge in [0.1, 0.15) is 5.82 Å². The summed E-state index contributed by atoms with van der Waals surface area (Å²) in [6, 6.07) is 17.9. The van der Waals surface area contributed by atoms with Gasteiger partial charge in [0.05, 0.1) is 24.1 Å². The summed E-state index contributed by atoms with van der Waals surface area (Å²) in [7, 11) is 0. The molecule has 0 aliphatic carbocycles. The maximum absolute atomic E-state index is 14.1. The van der Waals surface area contributed by atoms with Crippen LogP contribution in [-0.4, -0.2) is 15.9 Å². The van der Waals surface area contributed by atoms with Crippen molar-refractivity contribution in [2.45, 2.75) is 12.7 Å². The van der Waals surface area contributed by atoms with E-state index in [1.165, 1.54) is 24.4 Å². The summed E-state index contributed by atoms with van der Waals surface area (Å²) in [4.78, 5) is 21.8. The van der Waals surface area contributed by atoms with Crippen LogP contribution in [0.4, 0.5) is 23.2 Å². The molecule has 0 saturated heterocycles. The minimum absolute atomic E-state index is 0.0793. The molecule has 9 heteroatoms. The molecule has 0 bridgehead atoms. The van der Waals surface area contributed by atoms with Crippen molar-refractivity contribution in [3.05, 3.63) is 113 Å². The Bertz CT molecular complexity index is 1310. The lowest BCUT2D eigenvalue weighted by molar-refractivity contribution is -0.140. The molecule has 4 nitrogen and oxygen atoms in total. The number of benzene rings is 2. The highest BCUT2D eigenvalue weighted by atomic mass is 35.5. The lowest BCUT2D eigenvalue weighted by Gasteiger charge is -2.26. The average Bonchev–Trinajstić information content (AvgIpc) is 2.83. The normalized spacial score (nSPS) is 11.3. The molecule has 2 aromatic carbocycles. The highest BCUT2D eigenvalue weighted by molar-refractivity contribution is 6.30. The van der Waals surface area contributed by atoms with Gasteiger partial charge in [0.25, 0.3) is 5.91 Å². The molecular formula is C25H16ClF4N3O. The van der Waals surface area contributed by atoms with Gasteiger partial charge in [-0.05, 0) is 48.0 Å². The van der Waals surface area contributed by atoms with Crippen molar-refractivity contribution >= 4 is 23.2 Å². The smallest absolute Gasteiger partial charge is 0.302 e. The molecule has 4 aromatic rings. The minimum Gasteiger partial charge on any atom is -0.302 e. The number of anilines is 1. The third-order valence-corrected chi connectivity index (χ3v) is 5.21. The summed E-state index contributed by atoms with van der Waals surface area (Å²) in [6.45, 7) is -0.156. The fourth-order valence-corrected chi connectivity index (χ4v) is 3.49. The van der Waals surface area contributed by atoms with Crippen LogP contribution < -0.4 is 4.90 Å². The second-order valence-corrected chi connectivity index (χ2v) is 7.77. The van der Waals surface area contributed by atoms with E-state index in [2.05, 4.69) is 9.97 Å². The quantitative estimate of drug-likeness (QED) is 0.292. The van der Waals surface area contributed by atoms with Crippen molar-refractivity contribution in [1.82, 2.24) is 9.97 Å². The zero-order valence-corrected chi connectivity index (χ0v) is 18.2. The Morgan fingerprint density at radius 2 is 1.65 bits per heavy atom. The number of amides is 1. The molecule has 0 aliphatic rings. The molecular weight excluding hydrogens is 470 g/mol. The van der Waals surface area contributed by atoms with E-state index in [0.717, 1.165) is 23.2 Å². The molecule has 0 atom stereocenters. The molecule has 0 saturated carbocycles. The van der Waals surface area contributed by atoms with E-state index >= 15 is 0 Å². The fourth-order valence-electron chi connectivity index (χ4n) is 3.37. The van der Waals surface area contributed by atoms with Crippen LogP contribution in [0.1, 0.15) is 21.6 Å². The molecule has 0 unspecified atom stereocenters. The van der Waals surface area contributed by atoms with Gasteiger partial charge in [-0.15, -0.1) is 0 Å². The number of alkyl halides is 3. The summed E-state index contributed by atoms with van der Waals surface area (Å²) < 4.78 is 56.0. The number of carbonyl (C=O) groups is 1. The van der Waals surface area contributed by atoms with Gasteiger partial charge in [0.15, 0.2) is 5.69 Å². The number of pyridine rings is 2. The first-order valence-electron chi connectivity index (χ1n) is 10.0. The summed E-state index contributed by atoms with van der Waals surface area (Å²) >= 11 is 5.92. The third kappa shape index (κ3) is 5.23. The Hall–Kier alpha value is -3.78. The van der Waals surface area contributed by atoms with Crippen LogP contribution in [0.2, 0.25) is 5.02 Å². The Labute approximate surface area is 197 Å². The summed E-state index contributed by atoms with van der Waals surface area (Å²) in [5.41, 5.74) is -0.961. The summed E-state index contributed by atoms with van der Waals surface area (Å²) in [6.07, 6.45) is -2.73. The van der Waals surface area contributed by atoms with Crippen molar-refractivity contribution in [2.75, 3.05) is 4.90 Å². The summed E-state index contributed by atoms with van der Waals surface area (Å²) in [5.74, 6) is -1.34. The van der Waals surface area contributed by atoms with Crippen LogP contribution in [0.25, 0.3) is 11.3 Å². The largest absolute Gasteiger partial charge is 0.435 e. The van der Waals surface area contributed by atoms with E-state index in [-0.39, 0.29) is 23.4 Å². The van der Waals surface area contributed by atoms with Gasteiger partial charge in [-0.1, -0.05) is 41.9 Å². The van der Waals surface area contributed by atoms with E-state index in [0.29, 0.717) is 10.6 Å². The Balaban J connectivity index is 1.85. The molecule has 0 fully saturated rings. The zero-order chi connectivity index (χ0) is 24.3. The number of nitrogens with zero attached hydrogens (tertiary/aromatic N) is 3. The number of aromatic nitrogens is 2. The van der Waals surface area contributed by atoms with Gasteiger partial charge in [0, 0.05) is 22.3 Å². The lowest BCUT2D eigenvalue weighted by Crippen LogP contribution is -2.32. The minimum atomic E-state index is -4.89. The predicted octanol–water partition coefficient (Wildman–Crippen LogP) is 6.80.